The van der Waals surface area contributed by atoms with E-state index in [2.05, 4.69) is 0 Å². The van der Waals surface area contributed by atoms with Crippen molar-refractivity contribution in [1.29, 1.82) is 0 Å². The zero-order chi connectivity index (χ0) is 8.10. The lowest BCUT2D eigenvalue weighted by atomic mass is 9.97. The van der Waals surface area contributed by atoms with Crippen molar-refractivity contribution in [3.8, 4) is 0 Å². The highest BCUT2D eigenvalue weighted by atomic mass is 35.5. The summed E-state index contributed by atoms with van der Waals surface area (Å²) < 4.78 is 0. The van der Waals surface area contributed by atoms with Gasteiger partial charge in [0.05, 0.1) is 6.10 Å². The monoisotopic (exact) mass is 194 g/mol. The molecule has 11 heavy (non-hydrogen) atoms. The smallest absolute Gasteiger partial charge is 0.0658 e. The van der Waals surface area contributed by atoms with Crippen LogP contribution in [0.5, 0.6) is 0 Å². The molecule has 0 aromatic rings. The van der Waals surface area contributed by atoms with Crippen molar-refractivity contribution in [2.45, 2.75) is 37.0 Å². The van der Waals surface area contributed by atoms with E-state index in [1.807, 2.05) is 11.8 Å². The SMILES string of the molecule is OC1CCCCC1SCCCl. The summed E-state index contributed by atoms with van der Waals surface area (Å²) in [6.45, 7) is 0. The van der Waals surface area contributed by atoms with Gasteiger partial charge < -0.3 is 5.11 Å². The van der Waals surface area contributed by atoms with Crippen LogP contribution in [-0.4, -0.2) is 28.1 Å². The zero-order valence-electron chi connectivity index (χ0n) is 6.63. The molecule has 0 amide bonds. The summed E-state index contributed by atoms with van der Waals surface area (Å²) >= 11 is 7.39. The molecule has 1 rings (SSSR count). The number of aliphatic hydroxyl groups is 1. The van der Waals surface area contributed by atoms with Crippen LogP contribution in [0.3, 0.4) is 0 Å². The molecule has 1 saturated carbocycles. The van der Waals surface area contributed by atoms with Crippen LogP contribution in [0.2, 0.25) is 0 Å². The van der Waals surface area contributed by atoms with E-state index in [1.165, 1.54) is 19.3 Å². The number of hydrogen-bond acceptors (Lipinski definition) is 2. The van der Waals surface area contributed by atoms with Crippen LogP contribution in [0.15, 0.2) is 0 Å². The molecular formula is C8H15ClOS. The molecule has 3 heteroatoms. The molecule has 1 aliphatic rings. The third-order valence-electron chi connectivity index (χ3n) is 2.08. The molecule has 2 unspecified atom stereocenters. The number of thioether (sulfide) groups is 1. The average molecular weight is 195 g/mol. The molecule has 0 aromatic heterocycles. The predicted molar refractivity (Wildman–Crippen MR) is 51.4 cm³/mol. The third-order valence-corrected chi connectivity index (χ3v) is 3.91. The summed E-state index contributed by atoms with van der Waals surface area (Å²) in [5, 5.41) is 9.99. The lowest BCUT2D eigenvalue weighted by Gasteiger charge is -2.26. The van der Waals surface area contributed by atoms with Gasteiger partial charge in [0.2, 0.25) is 0 Å². The van der Waals surface area contributed by atoms with Gasteiger partial charge in [-0.25, -0.2) is 0 Å². The van der Waals surface area contributed by atoms with Gasteiger partial charge in [0, 0.05) is 16.9 Å². The number of alkyl halides is 1. The Morgan fingerprint density at radius 3 is 2.73 bits per heavy atom. The maximum atomic E-state index is 9.53. The Morgan fingerprint density at radius 2 is 2.09 bits per heavy atom. The van der Waals surface area contributed by atoms with E-state index in [0.717, 1.165) is 12.2 Å². The molecule has 0 bridgehead atoms. The van der Waals surface area contributed by atoms with E-state index < -0.39 is 0 Å². The summed E-state index contributed by atoms with van der Waals surface area (Å²) in [7, 11) is 0. The lowest BCUT2D eigenvalue weighted by molar-refractivity contribution is 0.137. The van der Waals surface area contributed by atoms with Gasteiger partial charge in [-0.05, 0) is 12.8 Å². The van der Waals surface area contributed by atoms with E-state index in [0.29, 0.717) is 11.1 Å². The molecule has 0 radical (unpaired) electrons. The van der Waals surface area contributed by atoms with Gasteiger partial charge >= 0.3 is 0 Å². The maximum absolute atomic E-state index is 9.53. The second kappa shape index (κ2) is 5.28. The number of hydrogen-bond donors (Lipinski definition) is 1. The van der Waals surface area contributed by atoms with E-state index in [9.17, 15) is 5.11 Å². The fraction of sp³-hybridized carbons (Fsp3) is 1.00. The summed E-state index contributed by atoms with van der Waals surface area (Å²) in [6.07, 6.45) is 4.55. The Hall–Kier alpha value is 0.600. The van der Waals surface area contributed by atoms with Crippen molar-refractivity contribution in [3.63, 3.8) is 0 Å². The molecule has 2 atom stereocenters. The van der Waals surface area contributed by atoms with Crippen LogP contribution in [0, 0.1) is 0 Å². The van der Waals surface area contributed by atoms with Crippen molar-refractivity contribution in [1.82, 2.24) is 0 Å². The lowest BCUT2D eigenvalue weighted by Crippen LogP contribution is -2.27. The van der Waals surface area contributed by atoms with Crippen LogP contribution in [0.25, 0.3) is 0 Å². The minimum Gasteiger partial charge on any atom is -0.392 e. The van der Waals surface area contributed by atoms with E-state index in [1.54, 1.807) is 0 Å². The standard InChI is InChI=1S/C8H15ClOS/c9-5-6-11-8-4-2-1-3-7(8)10/h7-8,10H,1-6H2. The highest BCUT2D eigenvalue weighted by Gasteiger charge is 2.22. The minimum absolute atomic E-state index is 0.0723. The molecule has 0 spiro atoms. The normalized spacial score (nSPS) is 32.2. The zero-order valence-corrected chi connectivity index (χ0v) is 8.20. The van der Waals surface area contributed by atoms with Crippen molar-refractivity contribution >= 4 is 23.4 Å². The van der Waals surface area contributed by atoms with E-state index in [-0.39, 0.29) is 6.10 Å². The summed E-state index contributed by atoms with van der Waals surface area (Å²) in [5.41, 5.74) is 0. The largest absolute Gasteiger partial charge is 0.392 e. The van der Waals surface area contributed by atoms with Gasteiger partial charge in [0.25, 0.3) is 0 Å². The maximum Gasteiger partial charge on any atom is 0.0658 e. The first-order chi connectivity index (χ1) is 5.34. The van der Waals surface area contributed by atoms with Gasteiger partial charge in [0.1, 0.15) is 0 Å². The number of rotatable bonds is 3. The predicted octanol–water partition coefficient (Wildman–Crippen LogP) is 2.26. The third kappa shape index (κ3) is 3.22. The van der Waals surface area contributed by atoms with Gasteiger partial charge in [-0.15, -0.1) is 11.6 Å². The summed E-state index contributed by atoms with van der Waals surface area (Å²) in [6, 6.07) is 0. The fourth-order valence-electron chi connectivity index (χ4n) is 1.47. The second-order valence-electron chi connectivity index (χ2n) is 2.95. The molecule has 0 aliphatic heterocycles. The first kappa shape index (κ1) is 9.69. The van der Waals surface area contributed by atoms with E-state index in [4.69, 9.17) is 11.6 Å². The van der Waals surface area contributed by atoms with Crippen molar-refractivity contribution < 1.29 is 5.11 Å². The van der Waals surface area contributed by atoms with Gasteiger partial charge in [0.15, 0.2) is 0 Å². The van der Waals surface area contributed by atoms with Gasteiger partial charge in [-0.3, -0.25) is 0 Å². The first-order valence-electron chi connectivity index (χ1n) is 4.20. The summed E-state index contributed by atoms with van der Waals surface area (Å²) in [5.74, 6) is 1.68. The Labute approximate surface area is 77.5 Å². The Bertz CT molecular complexity index is 110. The quantitative estimate of drug-likeness (QED) is 0.696. The molecule has 0 saturated heterocycles. The minimum atomic E-state index is -0.0723. The second-order valence-corrected chi connectivity index (χ2v) is 4.68. The molecule has 1 N–H and O–H groups in total. The molecule has 66 valence electrons. The Kier molecular flexibility index (Phi) is 4.65. The van der Waals surface area contributed by atoms with Crippen LogP contribution >= 0.6 is 23.4 Å². The Morgan fingerprint density at radius 1 is 1.36 bits per heavy atom. The molecule has 1 fully saturated rings. The molecule has 0 heterocycles. The van der Waals surface area contributed by atoms with Gasteiger partial charge in [-0.1, -0.05) is 12.8 Å². The van der Waals surface area contributed by atoms with Crippen molar-refractivity contribution in [3.05, 3.63) is 0 Å². The van der Waals surface area contributed by atoms with Crippen LogP contribution in [0.4, 0.5) is 0 Å². The molecule has 1 nitrogen and oxygen atoms in total. The topological polar surface area (TPSA) is 20.2 Å². The molecular weight excluding hydrogens is 180 g/mol. The first-order valence-corrected chi connectivity index (χ1v) is 5.78. The number of aliphatic hydroxyl groups excluding tert-OH is 1. The highest BCUT2D eigenvalue weighted by Crippen LogP contribution is 2.28. The van der Waals surface area contributed by atoms with Crippen molar-refractivity contribution in [2.75, 3.05) is 11.6 Å². The Balaban J connectivity index is 2.18. The highest BCUT2D eigenvalue weighted by molar-refractivity contribution is 8.00. The fourth-order valence-corrected chi connectivity index (χ4v) is 2.82. The molecule has 1 aliphatic carbocycles. The van der Waals surface area contributed by atoms with Gasteiger partial charge in [-0.2, -0.15) is 11.8 Å². The van der Waals surface area contributed by atoms with E-state index >= 15 is 0 Å². The number of halogens is 1. The summed E-state index contributed by atoms with van der Waals surface area (Å²) in [4.78, 5) is 0. The van der Waals surface area contributed by atoms with Crippen LogP contribution < -0.4 is 0 Å². The van der Waals surface area contributed by atoms with Crippen LogP contribution in [0.1, 0.15) is 25.7 Å². The molecule has 0 aromatic carbocycles. The average Bonchev–Trinajstić information content (AvgIpc) is 2.03. The van der Waals surface area contributed by atoms with Crippen LogP contribution in [-0.2, 0) is 0 Å². The van der Waals surface area contributed by atoms with Crippen molar-refractivity contribution in [2.24, 2.45) is 0 Å².